The van der Waals surface area contributed by atoms with Crippen LogP contribution in [0.4, 0.5) is 0 Å². The quantitative estimate of drug-likeness (QED) is 0.487. The van der Waals surface area contributed by atoms with E-state index < -0.39 is 5.76 Å². The molecule has 1 aliphatic rings. The fourth-order valence-electron chi connectivity index (χ4n) is 3.47. The molecule has 1 amide bonds. The summed E-state index contributed by atoms with van der Waals surface area (Å²) in [6.07, 6.45) is 1.96. The molecule has 1 aromatic carbocycles. The third-order valence-corrected chi connectivity index (χ3v) is 5.91. The second kappa shape index (κ2) is 7.45. The van der Waals surface area contributed by atoms with Crippen molar-refractivity contribution in [3.8, 4) is 10.7 Å². The van der Waals surface area contributed by atoms with Gasteiger partial charge in [0.25, 0.3) is 0 Å². The Kier molecular flexibility index (Phi) is 4.62. The van der Waals surface area contributed by atoms with Gasteiger partial charge in [0.05, 0.1) is 16.9 Å². The summed E-state index contributed by atoms with van der Waals surface area (Å²) >= 11 is 1.54. The van der Waals surface area contributed by atoms with Gasteiger partial charge >= 0.3 is 11.4 Å². The number of rotatable bonds is 7. The number of amides is 1. The van der Waals surface area contributed by atoms with Gasteiger partial charge in [-0.15, -0.1) is 16.4 Å². The number of oxazole rings is 1. The van der Waals surface area contributed by atoms with Crippen molar-refractivity contribution in [3.05, 3.63) is 62.8 Å². The largest absolute Gasteiger partial charge is 0.420 e. The second-order valence-electron chi connectivity index (χ2n) is 7.18. The Balaban J connectivity index is 1.27. The Labute approximate surface area is 174 Å². The molecule has 0 spiro atoms. The van der Waals surface area contributed by atoms with Crippen LogP contribution in [0.3, 0.4) is 0 Å². The van der Waals surface area contributed by atoms with E-state index in [0.717, 1.165) is 17.7 Å². The summed E-state index contributed by atoms with van der Waals surface area (Å²) in [7, 11) is 0. The number of hydrogen-bond donors (Lipinski definition) is 1. The molecule has 4 aromatic rings. The first kappa shape index (κ1) is 18.6. The minimum Gasteiger partial charge on any atom is -0.408 e. The molecule has 30 heavy (non-hydrogen) atoms. The van der Waals surface area contributed by atoms with Gasteiger partial charge in [0.15, 0.2) is 11.4 Å². The molecule has 3 heterocycles. The smallest absolute Gasteiger partial charge is 0.408 e. The molecule has 0 saturated heterocycles. The third-order valence-electron chi connectivity index (χ3n) is 5.05. The molecule has 1 N–H and O–H groups in total. The van der Waals surface area contributed by atoms with E-state index >= 15 is 0 Å². The Morgan fingerprint density at radius 3 is 2.80 bits per heavy atom. The molecule has 9 nitrogen and oxygen atoms in total. The number of aromatic nitrogens is 4. The normalized spacial score (nSPS) is 13.7. The molecular weight excluding hydrogens is 406 g/mol. The van der Waals surface area contributed by atoms with Crippen molar-refractivity contribution in [2.45, 2.75) is 32.0 Å². The van der Waals surface area contributed by atoms with E-state index in [1.165, 1.54) is 9.25 Å². The zero-order valence-corrected chi connectivity index (χ0v) is 16.8. The number of thiophene rings is 1. The summed E-state index contributed by atoms with van der Waals surface area (Å²) < 4.78 is 9.58. The predicted octanol–water partition coefficient (Wildman–Crippen LogP) is 1.83. The number of hydrogen-bond acceptors (Lipinski definition) is 6. The van der Waals surface area contributed by atoms with Crippen molar-refractivity contribution in [1.29, 1.82) is 0 Å². The number of para-hydroxylation sites is 2. The number of nitrogens with zero attached hydrogens (tertiary/aromatic N) is 4. The van der Waals surface area contributed by atoms with Crippen LogP contribution in [-0.4, -0.2) is 31.4 Å². The third kappa shape index (κ3) is 3.39. The Morgan fingerprint density at radius 2 is 2.03 bits per heavy atom. The maximum absolute atomic E-state index is 12.8. The topological polar surface area (TPSA) is 104 Å². The lowest BCUT2D eigenvalue weighted by atomic mass is 10.3. The Hall–Kier alpha value is -3.40. The first-order valence-electron chi connectivity index (χ1n) is 9.70. The van der Waals surface area contributed by atoms with Crippen molar-refractivity contribution in [3.63, 3.8) is 0 Å². The summed E-state index contributed by atoms with van der Waals surface area (Å²) in [5.41, 5.74) is 0.846. The maximum atomic E-state index is 12.8. The van der Waals surface area contributed by atoms with Crippen LogP contribution in [0.1, 0.15) is 18.9 Å². The van der Waals surface area contributed by atoms with E-state index in [4.69, 9.17) is 4.42 Å². The lowest BCUT2D eigenvalue weighted by Crippen LogP contribution is -2.35. The standard InChI is InChI=1S/C20H19N5O4S/c26-17(12-23-14-4-1-2-5-15(14)29-20(23)28)21-9-10-24-19(27)25(13-7-8-13)18(22-24)16-6-3-11-30-16/h1-6,11,13H,7-10,12H2,(H,21,26). The molecule has 0 aliphatic heterocycles. The van der Waals surface area contributed by atoms with Gasteiger partial charge in [-0.2, -0.15) is 0 Å². The number of carbonyl (C=O) groups is 1. The SMILES string of the molecule is O=C(Cn1c(=O)oc2ccccc21)NCCn1nc(-c2cccs2)n(C2CC2)c1=O. The van der Waals surface area contributed by atoms with Crippen molar-refractivity contribution < 1.29 is 9.21 Å². The van der Waals surface area contributed by atoms with E-state index in [2.05, 4.69) is 10.4 Å². The van der Waals surface area contributed by atoms with Gasteiger partial charge in [-0.1, -0.05) is 18.2 Å². The van der Waals surface area contributed by atoms with Gasteiger partial charge in [-0.25, -0.2) is 14.3 Å². The molecule has 0 radical (unpaired) electrons. The molecule has 1 saturated carbocycles. The van der Waals surface area contributed by atoms with E-state index in [1.54, 1.807) is 40.2 Å². The summed E-state index contributed by atoms with van der Waals surface area (Å²) in [5, 5.41) is 9.20. The minimum absolute atomic E-state index is 0.151. The van der Waals surface area contributed by atoms with Crippen LogP contribution >= 0.6 is 11.3 Å². The van der Waals surface area contributed by atoms with Gasteiger partial charge in [-0.3, -0.25) is 13.9 Å². The summed E-state index contributed by atoms with van der Waals surface area (Å²) in [5.74, 6) is -0.233. The molecule has 5 rings (SSSR count). The lowest BCUT2D eigenvalue weighted by Gasteiger charge is -2.05. The zero-order chi connectivity index (χ0) is 20.7. The summed E-state index contributed by atoms with van der Waals surface area (Å²) in [6, 6.07) is 11.0. The highest BCUT2D eigenvalue weighted by Crippen LogP contribution is 2.37. The van der Waals surface area contributed by atoms with Crippen LogP contribution in [0, 0.1) is 0 Å². The van der Waals surface area contributed by atoms with Crippen LogP contribution in [0.25, 0.3) is 21.8 Å². The van der Waals surface area contributed by atoms with Crippen molar-refractivity contribution in [1.82, 2.24) is 24.2 Å². The van der Waals surface area contributed by atoms with E-state index in [1.807, 2.05) is 17.5 Å². The molecule has 1 fully saturated rings. The molecule has 1 aliphatic carbocycles. The van der Waals surface area contributed by atoms with Crippen LogP contribution in [0.5, 0.6) is 0 Å². The van der Waals surface area contributed by atoms with Gasteiger partial charge in [-0.05, 0) is 36.4 Å². The fourth-order valence-corrected chi connectivity index (χ4v) is 4.17. The molecular formula is C20H19N5O4S. The fraction of sp³-hybridized carbons (Fsp3) is 0.300. The number of fused-ring (bicyclic) bond motifs is 1. The Morgan fingerprint density at radius 1 is 1.20 bits per heavy atom. The van der Waals surface area contributed by atoms with Crippen LogP contribution in [0.2, 0.25) is 0 Å². The van der Waals surface area contributed by atoms with Crippen LogP contribution in [0.15, 0.2) is 55.8 Å². The number of nitrogens with one attached hydrogen (secondary N) is 1. The van der Waals surface area contributed by atoms with Crippen LogP contribution < -0.4 is 16.8 Å². The van der Waals surface area contributed by atoms with Crippen molar-refractivity contribution in [2.24, 2.45) is 0 Å². The summed E-state index contributed by atoms with van der Waals surface area (Å²) in [4.78, 5) is 38.1. The monoisotopic (exact) mass is 425 g/mol. The minimum atomic E-state index is -0.577. The first-order chi connectivity index (χ1) is 14.6. The van der Waals surface area contributed by atoms with Gasteiger partial charge in [0, 0.05) is 12.6 Å². The average Bonchev–Trinajstić information content (AvgIpc) is 3.17. The molecule has 0 unspecified atom stereocenters. The molecule has 154 valence electrons. The zero-order valence-electron chi connectivity index (χ0n) is 16.0. The first-order valence-corrected chi connectivity index (χ1v) is 10.6. The van der Waals surface area contributed by atoms with E-state index in [0.29, 0.717) is 16.9 Å². The number of carbonyl (C=O) groups excluding carboxylic acids is 1. The highest BCUT2D eigenvalue weighted by atomic mass is 32.1. The van der Waals surface area contributed by atoms with Crippen molar-refractivity contribution >= 4 is 28.3 Å². The molecule has 3 aromatic heterocycles. The van der Waals surface area contributed by atoms with Crippen molar-refractivity contribution in [2.75, 3.05) is 6.54 Å². The molecule has 0 atom stereocenters. The van der Waals surface area contributed by atoms with Crippen LogP contribution in [-0.2, 0) is 17.9 Å². The van der Waals surface area contributed by atoms with Gasteiger partial charge in [0.2, 0.25) is 5.91 Å². The van der Waals surface area contributed by atoms with E-state index in [-0.39, 0.29) is 37.3 Å². The van der Waals surface area contributed by atoms with E-state index in [9.17, 15) is 14.4 Å². The second-order valence-corrected chi connectivity index (χ2v) is 8.13. The lowest BCUT2D eigenvalue weighted by molar-refractivity contribution is -0.121. The van der Waals surface area contributed by atoms with Gasteiger partial charge < -0.3 is 9.73 Å². The average molecular weight is 425 g/mol. The maximum Gasteiger partial charge on any atom is 0.420 e. The number of benzene rings is 1. The highest BCUT2D eigenvalue weighted by molar-refractivity contribution is 7.13. The molecule has 10 heteroatoms. The highest BCUT2D eigenvalue weighted by Gasteiger charge is 2.30. The van der Waals surface area contributed by atoms with Gasteiger partial charge in [0.1, 0.15) is 6.54 Å². The molecule has 0 bridgehead atoms. The Bertz CT molecular complexity index is 1320. The summed E-state index contributed by atoms with van der Waals surface area (Å²) in [6.45, 7) is 0.334. The predicted molar refractivity (Wildman–Crippen MR) is 112 cm³/mol.